The quantitative estimate of drug-likeness (QED) is 0.567. The highest BCUT2D eigenvalue weighted by molar-refractivity contribution is 8.26. The van der Waals surface area contributed by atoms with Gasteiger partial charge in [-0.25, -0.2) is 4.79 Å². The van der Waals surface area contributed by atoms with Gasteiger partial charge in [0.1, 0.15) is 10.4 Å². The molecule has 2 atom stereocenters. The molecule has 4 nitrogen and oxygen atoms in total. The minimum atomic E-state index is -1.06. The van der Waals surface area contributed by atoms with Crippen molar-refractivity contribution in [2.45, 2.75) is 26.3 Å². The first-order valence-corrected chi connectivity index (χ1v) is 9.37. The molecule has 0 saturated carbocycles. The van der Waals surface area contributed by atoms with E-state index >= 15 is 0 Å². The average Bonchev–Trinajstić information content (AvgIpc) is 2.83. The first-order chi connectivity index (χ1) is 11.8. The third-order valence-corrected chi connectivity index (χ3v) is 5.46. The summed E-state index contributed by atoms with van der Waals surface area (Å²) in [5.41, 5.74) is 0.905. The van der Waals surface area contributed by atoms with Gasteiger partial charge in [0.2, 0.25) is 0 Å². The van der Waals surface area contributed by atoms with Crippen molar-refractivity contribution in [2.75, 3.05) is 0 Å². The van der Waals surface area contributed by atoms with Crippen LogP contribution >= 0.6 is 35.6 Å². The SMILES string of the molecule is CC[C@@H](C)[C@H](C(=O)O)N1C(=O)/C(=C/C(Cl)=C/c2ccccc2)SC1=S. The predicted octanol–water partition coefficient (Wildman–Crippen LogP) is 4.51. The Morgan fingerprint density at radius 2 is 2.04 bits per heavy atom. The van der Waals surface area contributed by atoms with Crippen LogP contribution in [0.15, 0.2) is 46.3 Å². The van der Waals surface area contributed by atoms with E-state index in [9.17, 15) is 14.7 Å². The van der Waals surface area contributed by atoms with Crippen molar-refractivity contribution >= 4 is 57.9 Å². The van der Waals surface area contributed by atoms with E-state index in [0.29, 0.717) is 16.4 Å². The van der Waals surface area contributed by atoms with Gasteiger partial charge in [0, 0.05) is 5.03 Å². The number of benzene rings is 1. The molecule has 1 N–H and O–H groups in total. The van der Waals surface area contributed by atoms with Crippen LogP contribution in [0.3, 0.4) is 0 Å². The topological polar surface area (TPSA) is 57.6 Å². The summed E-state index contributed by atoms with van der Waals surface area (Å²) >= 11 is 12.5. The Labute approximate surface area is 161 Å². The van der Waals surface area contributed by atoms with Crippen LogP contribution < -0.4 is 0 Å². The van der Waals surface area contributed by atoms with Gasteiger partial charge in [-0.05, 0) is 23.6 Å². The van der Waals surface area contributed by atoms with Crippen molar-refractivity contribution in [3.05, 3.63) is 51.9 Å². The van der Waals surface area contributed by atoms with Crippen molar-refractivity contribution in [1.29, 1.82) is 0 Å². The van der Waals surface area contributed by atoms with E-state index < -0.39 is 17.9 Å². The third kappa shape index (κ3) is 4.71. The minimum absolute atomic E-state index is 0.213. The normalized spacial score (nSPS) is 19.4. The molecule has 1 aromatic carbocycles. The van der Waals surface area contributed by atoms with E-state index in [4.69, 9.17) is 23.8 Å². The predicted molar refractivity (Wildman–Crippen MR) is 106 cm³/mol. The summed E-state index contributed by atoms with van der Waals surface area (Å²) in [6.45, 7) is 3.68. The Morgan fingerprint density at radius 1 is 1.40 bits per heavy atom. The van der Waals surface area contributed by atoms with Gasteiger partial charge in [0.05, 0.1) is 4.91 Å². The summed E-state index contributed by atoms with van der Waals surface area (Å²) in [6.07, 6.45) is 3.89. The average molecular weight is 396 g/mol. The molecule has 0 aliphatic carbocycles. The lowest BCUT2D eigenvalue weighted by atomic mass is 9.98. The van der Waals surface area contributed by atoms with Gasteiger partial charge in [-0.3, -0.25) is 9.69 Å². The Kier molecular flexibility index (Phi) is 6.81. The zero-order chi connectivity index (χ0) is 18.6. The number of thiocarbonyl (C=S) groups is 1. The molecule has 1 fully saturated rings. The number of hydrogen-bond acceptors (Lipinski definition) is 4. The van der Waals surface area contributed by atoms with E-state index in [2.05, 4.69) is 0 Å². The number of carboxylic acids is 1. The van der Waals surface area contributed by atoms with Crippen LogP contribution in [0.2, 0.25) is 0 Å². The van der Waals surface area contributed by atoms with Gasteiger partial charge in [0.15, 0.2) is 0 Å². The van der Waals surface area contributed by atoms with Gasteiger partial charge in [-0.15, -0.1) is 0 Å². The Hall–Kier alpha value is -1.63. The molecule has 1 aliphatic heterocycles. The van der Waals surface area contributed by atoms with Crippen molar-refractivity contribution < 1.29 is 14.7 Å². The van der Waals surface area contributed by atoms with Gasteiger partial charge < -0.3 is 5.11 Å². The molecular weight excluding hydrogens is 378 g/mol. The fourth-order valence-electron chi connectivity index (χ4n) is 2.43. The molecule has 1 heterocycles. The molecular formula is C18H18ClNO3S2. The zero-order valence-corrected chi connectivity index (χ0v) is 16.2. The fourth-order valence-corrected chi connectivity index (χ4v) is 4.05. The van der Waals surface area contributed by atoms with Crippen LogP contribution in [0, 0.1) is 5.92 Å². The summed E-state index contributed by atoms with van der Waals surface area (Å²) in [4.78, 5) is 25.8. The van der Waals surface area contributed by atoms with E-state index in [0.717, 1.165) is 17.3 Å². The highest BCUT2D eigenvalue weighted by Crippen LogP contribution is 2.36. The number of amides is 1. The first-order valence-electron chi connectivity index (χ1n) is 7.77. The maximum Gasteiger partial charge on any atom is 0.327 e. The van der Waals surface area contributed by atoms with Gasteiger partial charge in [0.25, 0.3) is 5.91 Å². The molecule has 1 aliphatic rings. The van der Waals surface area contributed by atoms with Gasteiger partial charge in [-0.2, -0.15) is 0 Å². The summed E-state index contributed by atoms with van der Waals surface area (Å²) in [6, 6.07) is 8.49. The summed E-state index contributed by atoms with van der Waals surface area (Å²) in [5, 5.41) is 9.89. The number of halogens is 1. The highest BCUT2D eigenvalue weighted by atomic mass is 35.5. The number of aliphatic carboxylic acids is 1. The molecule has 1 saturated heterocycles. The van der Waals surface area contributed by atoms with Crippen molar-refractivity contribution in [1.82, 2.24) is 4.90 Å². The lowest BCUT2D eigenvalue weighted by Crippen LogP contribution is -2.47. The van der Waals surface area contributed by atoms with Crippen LogP contribution in [-0.2, 0) is 9.59 Å². The second-order valence-corrected chi connectivity index (χ2v) is 7.77. The maximum absolute atomic E-state index is 12.7. The minimum Gasteiger partial charge on any atom is -0.480 e. The maximum atomic E-state index is 12.7. The Morgan fingerprint density at radius 3 is 2.60 bits per heavy atom. The zero-order valence-electron chi connectivity index (χ0n) is 13.8. The Balaban J connectivity index is 2.28. The van der Waals surface area contributed by atoms with E-state index in [1.54, 1.807) is 13.0 Å². The second-order valence-electron chi connectivity index (χ2n) is 5.66. The van der Waals surface area contributed by atoms with Crippen LogP contribution in [0.1, 0.15) is 25.8 Å². The number of carbonyl (C=O) groups is 2. The monoisotopic (exact) mass is 395 g/mol. The van der Waals surface area contributed by atoms with Crippen LogP contribution in [-0.4, -0.2) is 32.2 Å². The number of carboxylic acid groups (broad SMARTS) is 1. The number of thioether (sulfide) groups is 1. The molecule has 2 rings (SSSR count). The first kappa shape index (κ1) is 19.7. The van der Waals surface area contributed by atoms with Crippen LogP contribution in [0.25, 0.3) is 6.08 Å². The number of hydrogen-bond donors (Lipinski definition) is 1. The molecule has 7 heteroatoms. The molecule has 0 spiro atoms. The molecule has 25 heavy (non-hydrogen) atoms. The lowest BCUT2D eigenvalue weighted by Gasteiger charge is -2.27. The Bertz CT molecular complexity index is 746. The van der Waals surface area contributed by atoms with Gasteiger partial charge >= 0.3 is 5.97 Å². The lowest BCUT2D eigenvalue weighted by molar-refractivity contribution is -0.147. The summed E-state index contributed by atoms with van der Waals surface area (Å²) in [5.74, 6) is -1.69. The standard InChI is InChI=1S/C18H18ClNO3S2/c1-3-11(2)15(17(22)23)20-16(21)14(25-18(20)24)10-13(19)9-12-7-5-4-6-8-12/h4-11,15H,3H2,1-2H3,(H,22,23)/b13-9-,14-10-/t11-,15-/m1/s1. The number of rotatable bonds is 6. The molecule has 1 aromatic rings. The second kappa shape index (κ2) is 8.65. The van der Waals surface area contributed by atoms with Crippen LogP contribution in [0.4, 0.5) is 0 Å². The van der Waals surface area contributed by atoms with E-state index in [1.165, 1.54) is 11.0 Å². The fraction of sp³-hybridized carbons (Fsp3) is 0.278. The highest BCUT2D eigenvalue weighted by Gasteiger charge is 2.42. The molecule has 0 aromatic heterocycles. The largest absolute Gasteiger partial charge is 0.480 e. The molecule has 0 bridgehead atoms. The third-order valence-electron chi connectivity index (χ3n) is 3.91. The van der Waals surface area contributed by atoms with Crippen LogP contribution in [0.5, 0.6) is 0 Å². The summed E-state index contributed by atoms with van der Waals surface area (Å²) < 4.78 is 0.244. The van der Waals surface area contributed by atoms with E-state index in [-0.39, 0.29) is 10.2 Å². The summed E-state index contributed by atoms with van der Waals surface area (Å²) in [7, 11) is 0. The van der Waals surface area contributed by atoms with Crippen molar-refractivity contribution in [3.8, 4) is 0 Å². The number of nitrogens with zero attached hydrogens (tertiary/aromatic N) is 1. The smallest absolute Gasteiger partial charge is 0.327 e. The number of allylic oxidation sites excluding steroid dienone is 2. The molecule has 0 unspecified atom stereocenters. The molecule has 132 valence electrons. The van der Waals surface area contributed by atoms with Crippen molar-refractivity contribution in [3.63, 3.8) is 0 Å². The van der Waals surface area contributed by atoms with Gasteiger partial charge in [-0.1, -0.05) is 86.2 Å². The molecule has 0 radical (unpaired) electrons. The molecule has 1 amide bonds. The number of carbonyl (C=O) groups excluding carboxylic acids is 1. The van der Waals surface area contributed by atoms with Crippen molar-refractivity contribution in [2.24, 2.45) is 5.92 Å². The van der Waals surface area contributed by atoms with E-state index in [1.807, 2.05) is 37.3 Å².